The highest BCUT2D eigenvalue weighted by molar-refractivity contribution is 6.17. The van der Waals surface area contributed by atoms with E-state index in [1.54, 1.807) is 0 Å². The third kappa shape index (κ3) is 5.84. The van der Waals surface area contributed by atoms with Crippen LogP contribution in [0.15, 0.2) is 0 Å². The van der Waals surface area contributed by atoms with Crippen molar-refractivity contribution in [1.29, 1.82) is 0 Å². The van der Waals surface area contributed by atoms with Crippen LogP contribution in [0.25, 0.3) is 0 Å². The number of alkyl halides is 1. The largest absolute Gasteiger partial charge is 0.393 e. The highest BCUT2D eigenvalue weighted by Gasteiger charge is 2.10. The molecule has 0 rings (SSSR count). The van der Waals surface area contributed by atoms with Crippen molar-refractivity contribution < 1.29 is 5.11 Å². The van der Waals surface area contributed by atoms with Gasteiger partial charge in [-0.3, -0.25) is 0 Å². The number of hydrogen-bond acceptors (Lipinski definition) is 1. The minimum atomic E-state index is -0.131. The van der Waals surface area contributed by atoms with Gasteiger partial charge in [-0.1, -0.05) is 26.7 Å². The van der Waals surface area contributed by atoms with Crippen molar-refractivity contribution in [2.24, 2.45) is 5.92 Å². The lowest BCUT2D eigenvalue weighted by Gasteiger charge is -2.16. The Morgan fingerprint density at radius 1 is 1.25 bits per heavy atom. The first-order chi connectivity index (χ1) is 5.74. The van der Waals surface area contributed by atoms with Gasteiger partial charge < -0.3 is 5.11 Å². The summed E-state index contributed by atoms with van der Waals surface area (Å²) in [4.78, 5) is 0. The number of halogens is 1. The Hall–Kier alpha value is 0.250. The Balaban J connectivity index is 3.44. The molecule has 0 aromatic heterocycles. The lowest BCUT2D eigenvalue weighted by molar-refractivity contribution is 0.130. The zero-order chi connectivity index (χ0) is 9.40. The molecule has 0 saturated carbocycles. The second-order valence-corrected chi connectivity index (χ2v) is 3.78. The van der Waals surface area contributed by atoms with E-state index >= 15 is 0 Å². The molecule has 1 nitrogen and oxygen atoms in total. The molecule has 0 bridgehead atoms. The summed E-state index contributed by atoms with van der Waals surface area (Å²) >= 11 is 5.54. The molecule has 0 spiro atoms. The van der Waals surface area contributed by atoms with Crippen molar-refractivity contribution in [2.45, 2.75) is 52.1 Å². The van der Waals surface area contributed by atoms with Crippen LogP contribution >= 0.6 is 11.6 Å². The van der Waals surface area contributed by atoms with Gasteiger partial charge in [0.15, 0.2) is 0 Å². The minimum Gasteiger partial charge on any atom is -0.393 e. The van der Waals surface area contributed by atoms with E-state index in [2.05, 4.69) is 13.8 Å². The normalized spacial score (nSPS) is 13.8. The lowest BCUT2D eigenvalue weighted by atomic mass is 9.94. The fourth-order valence-corrected chi connectivity index (χ4v) is 1.59. The average molecular weight is 193 g/mol. The summed E-state index contributed by atoms with van der Waals surface area (Å²) in [6.07, 6.45) is 4.96. The molecule has 2 heteroatoms. The first-order valence-electron chi connectivity index (χ1n) is 4.98. The van der Waals surface area contributed by atoms with Crippen LogP contribution in [0.1, 0.15) is 46.0 Å². The molecule has 1 atom stereocenters. The summed E-state index contributed by atoms with van der Waals surface area (Å²) in [6, 6.07) is 0. The second-order valence-electron chi connectivity index (χ2n) is 3.40. The van der Waals surface area contributed by atoms with E-state index in [-0.39, 0.29) is 6.10 Å². The first-order valence-corrected chi connectivity index (χ1v) is 5.52. The molecule has 0 aliphatic carbocycles. The van der Waals surface area contributed by atoms with E-state index in [4.69, 9.17) is 11.6 Å². The van der Waals surface area contributed by atoms with Gasteiger partial charge in [0.05, 0.1) is 6.10 Å². The van der Waals surface area contributed by atoms with E-state index in [0.717, 1.165) is 19.3 Å². The van der Waals surface area contributed by atoms with Gasteiger partial charge in [-0.15, -0.1) is 11.6 Å². The second kappa shape index (κ2) is 7.88. The topological polar surface area (TPSA) is 20.2 Å². The third-order valence-corrected chi connectivity index (χ3v) is 2.70. The zero-order valence-corrected chi connectivity index (χ0v) is 8.98. The van der Waals surface area contributed by atoms with Crippen LogP contribution in [-0.4, -0.2) is 17.1 Å². The zero-order valence-electron chi connectivity index (χ0n) is 8.22. The fourth-order valence-electron chi connectivity index (χ4n) is 1.44. The first kappa shape index (κ1) is 12.2. The highest BCUT2D eigenvalue weighted by atomic mass is 35.5. The summed E-state index contributed by atoms with van der Waals surface area (Å²) < 4.78 is 0. The molecule has 0 amide bonds. The van der Waals surface area contributed by atoms with Gasteiger partial charge >= 0.3 is 0 Å². The van der Waals surface area contributed by atoms with E-state index in [1.165, 1.54) is 12.8 Å². The lowest BCUT2D eigenvalue weighted by Crippen LogP contribution is -2.12. The average Bonchev–Trinajstić information content (AvgIpc) is 2.10. The van der Waals surface area contributed by atoms with Gasteiger partial charge in [0.2, 0.25) is 0 Å². The standard InChI is InChI=1S/C10H21ClO/c1-3-9(4-2)8-10(12)6-5-7-11/h9-10,12H,3-8H2,1-2H3. The molecule has 0 saturated heterocycles. The Kier molecular flexibility index (Phi) is 8.04. The Morgan fingerprint density at radius 2 is 1.83 bits per heavy atom. The molecular weight excluding hydrogens is 172 g/mol. The molecule has 1 N–H and O–H groups in total. The highest BCUT2D eigenvalue weighted by Crippen LogP contribution is 2.17. The molecule has 0 aromatic carbocycles. The van der Waals surface area contributed by atoms with Crippen LogP contribution in [0.2, 0.25) is 0 Å². The maximum atomic E-state index is 9.55. The number of aliphatic hydroxyl groups excluding tert-OH is 1. The Labute approximate surface area is 81.1 Å². The van der Waals surface area contributed by atoms with Gasteiger partial charge in [0, 0.05) is 5.88 Å². The smallest absolute Gasteiger partial charge is 0.0543 e. The minimum absolute atomic E-state index is 0.131. The van der Waals surface area contributed by atoms with Crippen molar-refractivity contribution in [3.63, 3.8) is 0 Å². The molecule has 74 valence electrons. The number of aliphatic hydroxyl groups is 1. The third-order valence-electron chi connectivity index (χ3n) is 2.43. The van der Waals surface area contributed by atoms with E-state index in [1.807, 2.05) is 0 Å². The molecule has 0 aliphatic rings. The van der Waals surface area contributed by atoms with Crippen molar-refractivity contribution >= 4 is 11.6 Å². The summed E-state index contributed by atoms with van der Waals surface area (Å²) in [7, 11) is 0. The van der Waals surface area contributed by atoms with Crippen molar-refractivity contribution in [3.05, 3.63) is 0 Å². The van der Waals surface area contributed by atoms with Crippen LogP contribution in [0.3, 0.4) is 0 Å². The summed E-state index contributed by atoms with van der Waals surface area (Å²) in [6.45, 7) is 4.37. The Bertz CT molecular complexity index is 91.8. The number of rotatable bonds is 7. The molecule has 0 aliphatic heterocycles. The quantitative estimate of drug-likeness (QED) is 0.615. The Morgan fingerprint density at radius 3 is 2.25 bits per heavy atom. The van der Waals surface area contributed by atoms with Crippen LogP contribution in [-0.2, 0) is 0 Å². The van der Waals surface area contributed by atoms with E-state index in [9.17, 15) is 5.11 Å². The van der Waals surface area contributed by atoms with E-state index in [0.29, 0.717) is 11.8 Å². The molecule has 1 unspecified atom stereocenters. The molecule has 0 aromatic rings. The van der Waals surface area contributed by atoms with Crippen LogP contribution in [0, 0.1) is 5.92 Å². The predicted molar refractivity (Wildman–Crippen MR) is 54.6 cm³/mol. The molecule has 0 radical (unpaired) electrons. The van der Waals surface area contributed by atoms with Crippen molar-refractivity contribution in [2.75, 3.05) is 5.88 Å². The van der Waals surface area contributed by atoms with E-state index < -0.39 is 0 Å². The predicted octanol–water partition coefficient (Wildman–Crippen LogP) is 3.19. The summed E-state index contributed by atoms with van der Waals surface area (Å²) in [5.74, 6) is 1.36. The molecular formula is C10H21ClO. The summed E-state index contributed by atoms with van der Waals surface area (Å²) in [5.41, 5.74) is 0. The van der Waals surface area contributed by atoms with Gasteiger partial charge in [-0.05, 0) is 25.2 Å². The summed E-state index contributed by atoms with van der Waals surface area (Å²) in [5, 5.41) is 9.55. The van der Waals surface area contributed by atoms with Crippen molar-refractivity contribution in [1.82, 2.24) is 0 Å². The maximum Gasteiger partial charge on any atom is 0.0543 e. The van der Waals surface area contributed by atoms with Gasteiger partial charge in [-0.2, -0.15) is 0 Å². The van der Waals surface area contributed by atoms with Crippen LogP contribution < -0.4 is 0 Å². The van der Waals surface area contributed by atoms with Gasteiger partial charge in [-0.25, -0.2) is 0 Å². The van der Waals surface area contributed by atoms with Gasteiger partial charge in [0.1, 0.15) is 0 Å². The van der Waals surface area contributed by atoms with Gasteiger partial charge in [0.25, 0.3) is 0 Å². The monoisotopic (exact) mass is 192 g/mol. The number of hydrogen-bond donors (Lipinski definition) is 1. The molecule has 0 fully saturated rings. The maximum absolute atomic E-state index is 9.55. The molecule has 0 heterocycles. The van der Waals surface area contributed by atoms with Crippen LogP contribution in [0.5, 0.6) is 0 Å². The SMILES string of the molecule is CCC(CC)CC(O)CCCCl. The van der Waals surface area contributed by atoms with Crippen LogP contribution in [0.4, 0.5) is 0 Å². The fraction of sp³-hybridized carbons (Fsp3) is 1.00. The molecule has 12 heavy (non-hydrogen) atoms. The van der Waals surface area contributed by atoms with Crippen molar-refractivity contribution in [3.8, 4) is 0 Å².